The Hall–Kier alpha value is -2.75. The maximum atomic E-state index is 11.0. The Morgan fingerprint density at radius 2 is 2.04 bits per heavy atom. The smallest absolute Gasteiger partial charge is 0.142 e. The van der Waals surface area contributed by atoms with Crippen LogP contribution >= 0.6 is 0 Å². The molecule has 0 radical (unpaired) electrons. The van der Waals surface area contributed by atoms with E-state index in [1.54, 1.807) is 12.1 Å². The second-order valence-corrected chi connectivity index (χ2v) is 6.54. The first kappa shape index (κ1) is 15.8. The molecule has 0 saturated heterocycles. The van der Waals surface area contributed by atoms with Gasteiger partial charge in [0.2, 0.25) is 0 Å². The Balaban J connectivity index is 1.74. The number of rotatable bonds is 4. The van der Waals surface area contributed by atoms with E-state index < -0.39 is 5.97 Å². The predicted octanol–water partition coefficient (Wildman–Crippen LogP) is 3.28. The normalized spacial score (nSPS) is 23.5. The molecule has 1 aliphatic carbocycles. The summed E-state index contributed by atoms with van der Waals surface area (Å²) in [4.78, 5) is 11.0. The fourth-order valence-corrected chi connectivity index (χ4v) is 4.03. The van der Waals surface area contributed by atoms with E-state index in [0.717, 1.165) is 23.4 Å². The van der Waals surface area contributed by atoms with E-state index in [-0.39, 0.29) is 11.6 Å². The molecule has 2 aromatic carbocycles. The highest BCUT2D eigenvalue weighted by atomic mass is 16.5. The van der Waals surface area contributed by atoms with Gasteiger partial charge in [-0.25, -0.2) is 0 Å². The van der Waals surface area contributed by atoms with E-state index in [9.17, 15) is 9.90 Å². The van der Waals surface area contributed by atoms with E-state index in [1.165, 1.54) is 5.56 Å². The van der Waals surface area contributed by atoms with Crippen molar-refractivity contribution < 1.29 is 14.6 Å². The quantitative estimate of drug-likeness (QED) is 0.872. The van der Waals surface area contributed by atoms with Crippen molar-refractivity contribution >= 4 is 11.7 Å². The van der Waals surface area contributed by atoms with Crippen molar-refractivity contribution in [3.8, 4) is 5.75 Å². The number of carboxylic acid groups (broad SMARTS) is 1. The molecule has 128 valence electrons. The Bertz CT molecular complexity index is 826. The molecule has 4 nitrogen and oxygen atoms in total. The van der Waals surface area contributed by atoms with Crippen molar-refractivity contribution in [3.63, 3.8) is 0 Å². The van der Waals surface area contributed by atoms with Crippen LogP contribution in [0.25, 0.3) is 0 Å². The molecule has 4 rings (SSSR count). The minimum absolute atomic E-state index is 0.116. The summed E-state index contributed by atoms with van der Waals surface area (Å²) in [5.41, 5.74) is 3.61. The van der Waals surface area contributed by atoms with Gasteiger partial charge in [0.05, 0.1) is 24.3 Å². The lowest BCUT2D eigenvalue weighted by Gasteiger charge is -2.38. The fraction of sp³-hybridized carbons (Fsp3) is 0.286. The molecule has 1 heterocycles. The number of benzene rings is 2. The third-order valence-electron chi connectivity index (χ3n) is 5.16. The van der Waals surface area contributed by atoms with Crippen LogP contribution in [-0.4, -0.2) is 12.6 Å². The number of ether oxygens (including phenoxy) is 1. The van der Waals surface area contributed by atoms with Gasteiger partial charge in [-0.2, -0.15) is 0 Å². The molecule has 0 spiro atoms. The van der Waals surface area contributed by atoms with Gasteiger partial charge in [-0.05, 0) is 42.0 Å². The molecule has 1 N–H and O–H groups in total. The van der Waals surface area contributed by atoms with E-state index in [4.69, 9.17) is 4.74 Å². The third kappa shape index (κ3) is 2.68. The Kier molecular flexibility index (Phi) is 3.96. The Labute approximate surface area is 147 Å². The first-order chi connectivity index (χ1) is 12.2. The average molecular weight is 334 g/mol. The zero-order valence-electron chi connectivity index (χ0n) is 14.1. The fourth-order valence-electron chi connectivity index (χ4n) is 4.03. The molecule has 3 atom stereocenters. The predicted molar refractivity (Wildman–Crippen MR) is 94.7 cm³/mol. The number of para-hydroxylation sites is 1. The maximum absolute atomic E-state index is 11.0. The second kappa shape index (κ2) is 6.28. The van der Waals surface area contributed by atoms with Crippen molar-refractivity contribution in [2.45, 2.75) is 25.3 Å². The molecule has 0 aromatic heterocycles. The average Bonchev–Trinajstić information content (AvgIpc) is 3.12. The van der Waals surface area contributed by atoms with Crippen LogP contribution in [0.2, 0.25) is 0 Å². The highest BCUT2D eigenvalue weighted by Gasteiger charge is 2.38. The van der Waals surface area contributed by atoms with E-state index >= 15 is 0 Å². The highest BCUT2D eigenvalue weighted by molar-refractivity contribution is 5.85. The summed E-state index contributed by atoms with van der Waals surface area (Å²) < 4.78 is 5.81. The number of anilines is 1. The van der Waals surface area contributed by atoms with Crippen LogP contribution in [0, 0.1) is 5.92 Å². The SMILES string of the molecule is CCOc1cccc2c1N[C@H](c1ccc(C(=O)[O-])cc1)[C@@H]1CC=C[C@@H]21. The number of fused-ring (bicyclic) bond motifs is 3. The number of aromatic carboxylic acids is 1. The van der Waals surface area contributed by atoms with E-state index in [2.05, 4.69) is 23.5 Å². The number of allylic oxidation sites excluding steroid dienone is 2. The maximum Gasteiger partial charge on any atom is 0.142 e. The number of carbonyl (C=O) groups excluding carboxylic acids is 1. The first-order valence-electron chi connectivity index (χ1n) is 8.69. The van der Waals surface area contributed by atoms with Crippen LogP contribution in [0.4, 0.5) is 5.69 Å². The molecular formula is C21H20NO3-. The molecule has 0 bridgehead atoms. The minimum atomic E-state index is -1.15. The van der Waals surface area contributed by atoms with Crippen LogP contribution in [0.15, 0.2) is 54.6 Å². The third-order valence-corrected chi connectivity index (χ3v) is 5.16. The van der Waals surface area contributed by atoms with Gasteiger partial charge in [0.25, 0.3) is 0 Å². The summed E-state index contributed by atoms with van der Waals surface area (Å²) in [5, 5.41) is 14.7. The monoisotopic (exact) mass is 334 g/mol. The van der Waals surface area contributed by atoms with Crippen molar-refractivity contribution in [3.05, 3.63) is 71.3 Å². The highest BCUT2D eigenvalue weighted by Crippen LogP contribution is 2.52. The molecule has 25 heavy (non-hydrogen) atoms. The van der Waals surface area contributed by atoms with E-state index in [0.29, 0.717) is 18.4 Å². The summed E-state index contributed by atoms with van der Waals surface area (Å²) in [6.07, 6.45) is 5.52. The summed E-state index contributed by atoms with van der Waals surface area (Å²) in [5.74, 6) is 0.489. The van der Waals surface area contributed by atoms with Gasteiger partial charge in [-0.3, -0.25) is 0 Å². The van der Waals surface area contributed by atoms with Crippen LogP contribution in [0.5, 0.6) is 5.75 Å². The Morgan fingerprint density at radius 3 is 2.76 bits per heavy atom. The standard InChI is InChI=1S/C21H21NO3/c1-2-25-18-8-4-7-17-15-5-3-6-16(15)19(22-20(17)18)13-9-11-14(12-10-13)21(23)24/h3-5,7-12,15-16,19,22H,2,6H2,1H3,(H,23,24)/p-1/t15-,16-,19-/m1/s1. The van der Waals surface area contributed by atoms with Crippen LogP contribution < -0.4 is 15.2 Å². The second-order valence-electron chi connectivity index (χ2n) is 6.54. The largest absolute Gasteiger partial charge is 0.545 e. The van der Waals surface area contributed by atoms with Crippen molar-refractivity contribution in [2.75, 3.05) is 11.9 Å². The van der Waals surface area contributed by atoms with Gasteiger partial charge in [-0.15, -0.1) is 0 Å². The van der Waals surface area contributed by atoms with Crippen LogP contribution in [0.3, 0.4) is 0 Å². The first-order valence-corrected chi connectivity index (χ1v) is 8.69. The number of nitrogens with one attached hydrogen (secondary N) is 1. The number of hydrogen-bond acceptors (Lipinski definition) is 4. The van der Waals surface area contributed by atoms with E-state index in [1.807, 2.05) is 31.2 Å². The zero-order valence-corrected chi connectivity index (χ0v) is 14.1. The molecule has 0 amide bonds. The number of carboxylic acids is 1. The molecular weight excluding hydrogens is 314 g/mol. The van der Waals surface area contributed by atoms with Gasteiger partial charge >= 0.3 is 0 Å². The van der Waals surface area contributed by atoms with Crippen LogP contribution in [0.1, 0.15) is 46.8 Å². The topological polar surface area (TPSA) is 61.4 Å². The molecule has 0 fully saturated rings. The lowest BCUT2D eigenvalue weighted by atomic mass is 9.77. The molecule has 2 aromatic rings. The van der Waals surface area contributed by atoms with Crippen molar-refractivity contribution in [1.29, 1.82) is 0 Å². The molecule has 4 heteroatoms. The van der Waals surface area contributed by atoms with Crippen molar-refractivity contribution in [1.82, 2.24) is 0 Å². The summed E-state index contributed by atoms with van der Waals surface area (Å²) in [6, 6.07) is 13.3. The summed E-state index contributed by atoms with van der Waals surface area (Å²) >= 11 is 0. The molecule has 1 aliphatic heterocycles. The summed E-state index contributed by atoms with van der Waals surface area (Å²) in [6.45, 7) is 2.60. The molecule has 0 saturated carbocycles. The van der Waals surface area contributed by atoms with Crippen molar-refractivity contribution in [2.24, 2.45) is 5.92 Å². The van der Waals surface area contributed by atoms with Gasteiger partial charge in [0.1, 0.15) is 5.75 Å². The lowest BCUT2D eigenvalue weighted by Crippen LogP contribution is -2.29. The van der Waals surface area contributed by atoms with Gasteiger partial charge < -0.3 is 20.0 Å². The minimum Gasteiger partial charge on any atom is -0.545 e. The van der Waals surface area contributed by atoms with Gasteiger partial charge in [0, 0.05) is 5.92 Å². The number of carbonyl (C=O) groups is 1. The summed E-state index contributed by atoms with van der Waals surface area (Å²) in [7, 11) is 0. The zero-order chi connectivity index (χ0) is 17.4. The lowest BCUT2D eigenvalue weighted by molar-refractivity contribution is -0.255. The van der Waals surface area contributed by atoms with Gasteiger partial charge in [-0.1, -0.05) is 48.6 Å². The Morgan fingerprint density at radius 1 is 1.24 bits per heavy atom. The molecule has 0 unspecified atom stereocenters. The number of hydrogen-bond donors (Lipinski definition) is 1. The van der Waals surface area contributed by atoms with Gasteiger partial charge in [0.15, 0.2) is 0 Å². The molecule has 2 aliphatic rings. The van der Waals surface area contributed by atoms with Crippen LogP contribution in [-0.2, 0) is 0 Å².